The van der Waals surface area contributed by atoms with Gasteiger partial charge < -0.3 is 14.6 Å². The Morgan fingerprint density at radius 2 is 1.83 bits per heavy atom. The summed E-state index contributed by atoms with van der Waals surface area (Å²) in [6.07, 6.45) is 0.642. The first-order valence-electron chi connectivity index (χ1n) is 8.09. The molecule has 0 amide bonds. The van der Waals surface area contributed by atoms with Crippen molar-refractivity contribution in [2.24, 2.45) is 0 Å². The molecule has 3 aromatic rings. The lowest BCUT2D eigenvalue weighted by Crippen LogP contribution is -2.32. The van der Waals surface area contributed by atoms with Gasteiger partial charge in [0.2, 0.25) is 0 Å². The van der Waals surface area contributed by atoms with E-state index in [1.807, 2.05) is 55.3 Å². The summed E-state index contributed by atoms with van der Waals surface area (Å²) in [6.45, 7) is 3.16. The molecule has 1 heterocycles. The Balaban J connectivity index is 1.92. The molecule has 0 fully saturated rings. The van der Waals surface area contributed by atoms with Crippen molar-refractivity contribution in [2.75, 3.05) is 18.5 Å². The predicted octanol–water partition coefficient (Wildman–Crippen LogP) is 2.80. The predicted molar refractivity (Wildman–Crippen MR) is 96.8 cm³/mol. The molecule has 0 unspecified atom stereocenters. The fraction of sp³-hybridized carbons (Fsp3) is 0.263. The van der Waals surface area contributed by atoms with Crippen LogP contribution in [0.25, 0.3) is 11.0 Å². The summed E-state index contributed by atoms with van der Waals surface area (Å²) in [5, 5.41) is 9.87. The Morgan fingerprint density at radius 3 is 2.58 bits per heavy atom. The maximum atomic E-state index is 12.7. The van der Waals surface area contributed by atoms with Crippen molar-refractivity contribution in [1.82, 2.24) is 9.55 Å². The number of likely N-dealkylation sites (N-methyl/N-ethyl adjacent to an activating group) is 1. The smallest absolute Gasteiger partial charge is 0.293 e. The van der Waals surface area contributed by atoms with Crippen LogP contribution in [0.3, 0.4) is 0 Å². The highest BCUT2D eigenvalue weighted by molar-refractivity contribution is 5.76. The summed E-state index contributed by atoms with van der Waals surface area (Å²) in [5.74, 6) is 0.717. The van der Waals surface area contributed by atoms with Gasteiger partial charge in [-0.25, -0.2) is 4.98 Å². The highest BCUT2D eigenvalue weighted by Crippen LogP contribution is 2.18. The molecule has 0 bridgehead atoms. The van der Waals surface area contributed by atoms with E-state index in [4.69, 9.17) is 0 Å². The van der Waals surface area contributed by atoms with Gasteiger partial charge in [-0.15, -0.1) is 0 Å². The summed E-state index contributed by atoms with van der Waals surface area (Å²) in [5.41, 5.74) is 2.43. The van der Waals surface area contributed by atoms with E-state index >= 15 is 0 Å². The number of aromatic nitrogens is 2. The molecule has 124 valence electrons. The number of benzene rings is 2. The minimum absolute atomic E-state index is 0.0871. The molecule has 1 aromatic heterocycles. The van der Waals surface area contributed by atoms with Crippen molar-refractivity contribution >= 4 is 16.9 Å². The highest BCUT2D eigenvalue weighted by Gasteiger charge is 2.14. The molecule has 5 heteroatoms. The lowest BCUT2D eigenvalue weighted by Gasteiger charge is -2.20. The zero-order valence-corrected chi connectivity index (χ0v) is 13.9. The first kappa shape index (κ1) is 16.1. The van der Waals surface area contributed by atoms with Gasteiger partial charge in [0.15, 0.2) is 5.82 Å². The van der Waals surface area contributed by atoms with E-state index in [1.165, 1.54) is 0 Å². The standard InChI is InChI=1S/C19H21N3O2/c1-3-22-16-10-6-5-9-15(16)20-18(19(22)24)21(2)13-12-14-8-4-7-11-17(14)23/h4-11,23H,3,12-13H2,1-2H3. The summed E-state index contributed by atoms with van der Waals surface area (Å²) >= 11 is 0. The second-order valence-electron chi connectivity index (χ2n) is 5.77. The van der Waals surface area contributed by atoms with E-state index in [2.05, 4.69) is 4.98 Å². The van der Waals surface area contributed by atoms with Gasteiger partial charge in [0.1, 0.15) is 5.75 Å². The second kappa shape index (κ2) is 6.74. The minimum atomic E-state index is -0.0871. The normalized spacial score (nSPS) is 10.9. The molecular formula is C19H21N3O2. The van der Waals surface area contributed by atoms with E-state index in [9.17, 15) is 9.90 Å². The van der Waals surface area contributed by atoms with Gasteiger partial charge >= 0.3 is 0 Å². The first-order valence-corrected chi connectivity index (χ1v) is 8.09. The summed E-state index contributed by atoms with van der Waals surface area (Å²) in [6, 6.07) is 14.9. The largest absolute Gasteiger partial charge is 0.508 e. The molecule has 3 rings (SSSR count). The molecule has 24 heavy (non-hydrogen) atoms. The van der Waals surface area contributed by atoms with Gasteiger partial charge in [0.05, 0.1) is 11.0 Å². The molecule has 0 saturated carbocycles. The van der Waals surface area contributed by atoms with Gasteiger partial charge in [-0.2, -0.15) is 0 Å². The van der Waals surface area contributed by atoms with Gasteiger partial charge in [-0.05, 0) is 37.1 Å². The summed E-state index contributed by atoms with van der Waals surface area (Å²) in [4.78, 5) is 19.1. The number of hydrogen-bond acceptors (Lipinski definition) is 4. The maximum Gasteiger partial charge on any atom is 0.293 e. The van der Waals surface area contributed by atoms with Crippen LogP contribution in [-0.2, 0) is 13.0 Å². The molecule has 5 nitrogen and oxygen atoms in total. The number of aromatic hydroxyl groups is 1. The molecule has 0 spiro atoms. The van der Waals surface area contributed by atoms with Crippen LogP contribution in [0.5, 0.6) is 5.75 Å². The van der Waals surface area contributed by atoms with Crippen LogP contribution in [0.4, 0.5) is 5.82 Å². The molecule has 0 aliphatic carbocycles. The van der Waals surface area contributed by atoms with Gasteiger partial charge in [-0.3, -0.25) is 4.79 Å². The zero-order valence-electron chi connectivity index (χ0n) is 13.9. The van der Waals surface area contributed by atoms with Crippen LogP contribution in [0, 0.1) is 0 Å². The van der Waals surface area contributed by atoms with Gasteiger partial charge in [-0.1, -0.05) is 30.3 Å². The molecule has 2 aromatic carbocycles. The van der Waals surface area contributed by atoms with Crippen molar-refractivity contribution in [3.8, 4) is 5.75 Å². The number of anilines is 1. The molecule has 0 aliphatic rings. The fourth-order valence-corrected chi connectivity index (χ4v) is 2.86. The fourth-order valence-electron chi connectivity index (χ4n) is 2.86. The van der Waals surface area contributed by atoms with Crippen molar-refractivity contribution in [3.63, 3.8) is 0 Å². The third-order valence-electron chi connectivity index (χ3n) is 4.22. The van der Waals surface area contributed by atoms with E-state index in [0.29, 0.717) is 25.3 Å². The first-order chi connectivity index (χ1) is 11.6. The van der Waals surface area contributed by atoms with E-state index in [0.717, 1.165) is 16.6 Å². The van der Waals surface area contributed by atoms with E-state index in [-0.39, 0.29) is 11.3 Å². The zero-order chi connectivity index (χ0) is 17.1. The van der Waals surface area contributed by atoms with E-state index in [1.54, 1.807) is 16.7 Å². The van der Waals surface area contributed by atoms with Crippen molar-refractivity contribution in [2.45, 2.75) is 19.9 Å². The van der Waals surface area contributed by atoms with Crippen LogP contribution in [0.15, 0.2) is 53.3 Å². The van der Waals surface area contributed by atoms with Crippen LogP contribution in [-0.4, -0.2) is 28.3 Å². The van der Waals surface area contributed by atoms with Crippen molar-refractivity contribution < 1.29 is 5.11 Å². The average molecular weight is 323 g/mol. The van der Waals surface area contributed by atoms with E-state index < -0.39 is 0 Å². The number of para-hydroxylation sites is 3. The molecular weight excluding hydrogens is 302 g/mol. The number of phenols is 1. The van der Waals surface area contributed by atoms with Crippen molar-refractivity contribution in [3.05, 3.63) is 64.4 Å². The Morgan fingerprint density at radius 1 is 1.12 bits per heavy atom. The van der Waals surface area contributed by atoms with Gasteiger partial charge in [0.25, 0.3) is 5.56 Å². The Labute approximate surface area is 140 Å². The van der Waals surface area contributed by atoms with Crippen LogP contribution in [0.1, 0.15) is 12.5 Å². The summed E-state index contributed by atoms with van der Waals surface area (Å²) < 4.78 is 1.74. The summed E-state index contributed by atoms with van der Waals surface area (Å²) in [7, 11) is 1.86. The molecule has 0 radical (unpaired) electrons. The number of fused-ring (bicyclic) bond motifs is 1. The maximum absolute atomic E-state index is 12.7. The number of aryl methyl sites for hydroxylation is 1. The van der Waals surface area contributed by atoms with Crippen LogP contribution >= 0.6 is 0 Å². The number of phenolic OH excluding ortho intramolecular Hbond substituents is 1. The molecule has 1 N–H and O–H groups in total. The Kier molecular flexibility index (Phi) is 4.51. The SMILES string of the molecule is CCn1c(=O)c(N(C)CCc2ccccc2O)nc2ccccc21. The monoisotopic (exact) mass is 323 g/mol. The van der Waals surface area contributed by atoms with Crippen LogP contribution < -0.4 is 10.5 Å². The topological polar surface area (TPSA) is 58.4 Å². The third kappa shape index (κ3) is 2.97. The lowest BCUT2D eigenvalue weighted by atomic mass is 10.1. The Bertz CT molecular complexity index is 918. The number of nitrogens with zero attached hydrogens (tertiary/aromatic N) is 3. The second-order valence-corrected chi connectivity index (χ2v) is 5.77. The van der Waals surface area contributed by atoms with Crippen molar-refractivity contribution in [1.29, 1.82) is 0 Å². The average Bonchev–Trinajstić information content (AvgIpc) is 2.60. The highest BCUT2D eigenvalue weighted by atomic mass is 16.3. The third-order valence-corrected chi connectivity index (χ3v) is 4.22. The van der Waals surface area contributed by atoms with Crippen LogP contribution in [0.2, 0.25) is 0 Å². The Hall–Kier alpha value is -2.82. The molecule has 0 atom stereocenters. The molecule has 0 aliphatic heterocycles. The number of hydrogen-bond donors (Lipinski definition) is 1. The number of rotatable bonds is 5. The molecule has 0 saturated heterocycles. The minimum Gasteiger partial charge on any atom is -0.508 e. The quantitative estimate of drug-likeness (QED) is 0.784. The van der Waals surface area contributed by atoms with Gasteiger partial charge in [0, 0.05) is 20.1 Å². The lowest BCUT2D eigenvalue weighted by molar-refractivity contribution is 0.468.